The zero-order valence-corrected chi connectivity index (χ0v) is 14.9. The first-order valence-corrected chi connectivity index (χ1v) is 8.20. The van der Waals surface area contributed by atoms with E-state index >= 15 is 0 Å². The molecule has 0 bridgehead atoms. The van der Waals surface area contributed by atoms with Gasteiger partial charge in [-0.2, -0.15) is 0 Å². The molecule has 0 unspecified atom stereocenters. The second kappa shape index (κ2) is 6.57. The molecule has 0 radical (unpaired) electrons. The van der Waals surface area contributed by atoms with Crippen LogP contribution in [0.15, 0.2) is 63.8 Å². The maximum absolute atomic E-state index is 12.7. The van der Waals surface area contributed by atoms with Gasteiger partial charge in [0.15, 0.2) is 0 Å². The van der Waals surface area contributed by atoms with E-state index in [1.54, 1.807) is 0 Å². The molecular weight excluding hydrogens is 370 g/mol. The van der Waals surface area contributed by atoms with Gasteiger partial charge in [-0.05, 0) is 49.7 Å². The summed E-state index contributed by atoms with van der Waals surface area (Å²) in [5, 5.41) is 10.5. The number of hydrogen-bond acceptors (Lipinski definition) is 4. The Morgan fingerprint density at radius 2 is 1.92 bits per heavy atom. The van der Waals surface area contributed by atoms with Gasteiger partial charge in [0, 0.05) is 15.7 Å². The van der Waals surface area contributed by atoms with Gasteiger partial charge in [-0.3, -0.25) is 4.79 Å². The van der Waals surface area contributed by atoms with Crippen LogP contribution < -0.4 is 5.32 Å². The monoisotopic (exact) mass is 385 g/mol. The third kappa shape index (κ3) is 3.38. The fourth-order valence-corrected chi connectivity index (χ4v) is 2.58. The lowest BCUT2D eigenvalue weighted by Crippen LogP contribution is -2.34. The molecule has 5 nitrogen and oxygen atoms in total. The second-order valence-electron chi connectivity index (χ2n) is 5.91. The number of hydrogen-bond donors (Lipinski definition) is 1. The molecule has 2 aromatic carbocycles. The van der Waals surface area contributed by atoms with E-state index < -0.39 is 5.41 Å². The van der Waals surface area contributed by atoms with E-state index in [1.807, 2.05) is 62.4 Å². The van der Waals surface area contributed by atoms with Crippen molar-refractivity contribution in [2.24, 2.45) is 0 Å². The Bertz CT molecular complexity index is 843. The zero-order chi connectivity index (χ0) is 17.2. The van der Waals surface area contributed by atoms with Crippen molar-refractivity contribution in [2.45, 2.75) is 19.3 Å². The molecule has 0 aliphatic heterocycles. The highest BCUT2D eigenvalue weighted by molar-refractivity contribution is 9.10. The molecular formula is C18H16BrN3O2. The van der Waals surface area contributed by atoms with Gasteiger partial charge in [-0.25, -0.2) is 0 Å². The number of benzene rings is 2. The topological polar surface area (TPSA) is 68.0 Å². The predicted molar refractivity (Wildman–Crippen MR) is 95.5 cm³/mol. The van der Waals surface area contributed by atoms with Crippen LogP contribution in [0.4, 0.5) is 5.69 Å². The van der Waals surface area contributed by atoms with Crippen LogP contribution in [-0.2, 0) is 10.2 Å². The SMILES string of the molecule is CC(C)(C(=O)Nc1cccc(-c2nnco2)c1)c1ccc(Br)cc1. The third-order valence-corrected chi connectivity index (χ3v) is 4.39. The number of aromatic nitrogens is 2. The summed E-state index contributed by atoms with van der Waals surface area (Å²) >= 11 is 3.41. The predicted octanol–water partition coefficient (Wildman–Crippen LogP) is 4.42. The Labute approximate surface area is 148 Å². The normalized spacial score (nSPS) is 11.3. The van der Waals surface area contributed by atoms with E-state index in [0.29, 0.717) is 11.6 Å². The minimum Gasteiger partial charge on any atom is -0.423 e. The van der Waals surface area contributed by atoms with E-state index in [0.717, 1.165) is 15.6 Å². The zero-order valence-electron chi connectivity index (χ0n) is 13.3. The van der Waals surface area contributed by atoms with Crippen molar-refractivity contribution in [3.63, 3.8) is 0 Å². The molecule has 1 amide bonds. The van der Waals surface area contributed by atoms with Crippen molar-refractivity contribution in [3.8, 4) is 11.5 Å². The van der Waals surface area contributed by atoms with Crippen LogP contribution in [0.2, 0.25) is 0 Å². The summed E-state index contributed by atoms with van der Waals surface area (Å²) in [6, 6.07) is 15.1. The summed E-state index contributed by atoms with van der Waals surface area (Å²) in [5.74, 6) is 0.325. The van der Waals surface area contributed by atoms with Gasteiger partial charge in [-0.15, -0.1) is 10.2 Å². The van der Waals surface area contributed by atoms with E-state index in [2.05, 4.69) is 31.4 Å². The number of carbonyl (C=O) groups is 1. The Kier molecular flexibility index (Phi) is 4.49. The number of nitrogens with zero attached hydrogens (tertiary/aromatic N) is 2. The van der Waals surface area contributed by atoms with Crippen molar-refractivity contribution in [1.29, 1.82) is 0 Å². The number of carbonyl (C=O) groups excluding carboxylic acids is 1. The minimum absolute atomic E-state index is 0.0903. The van der Waals surface area contributed by atoms with Crippen molar-refractivity contribution in [2.75, 3.05) is 5.32 Å². The van der Waals surface area contributed by atoms with Gasteiger partial charge >= 0.3 is 0 Å². The lowest BCUT2D eigenvalue weighted by Gasteiger charge is -2.24. The first-order chi connectivity index (χ1) is 11.5. The molecule has 24 heavy (non-hydrogen) atoms. The molecule has 0 spiro atoms. The lowest BCUT2D eigenvalue weighted by atomic mass is 9.83. The highest BCUT2D eigenvalue weighted by atomic mass is 79.9. The summed E-state index contributed by atoms with van der Waals surface area (Å²) in [5.41, 5.74) is 1.71. The van der Waals surface area contributed by atoms with Gasteiger partial charge in [0.05, 0.1) is 5.41 Å². The average molecular weight is 386 g/mol. The maximum atomic E-state index is 12.7. The van der Waals surface area contributed by atoms with Gasteiger partial charge in [-0.1, -0.05) is 34.1 Å². The minimum atomic E-state index is -0.665. The fraction of sp³-hybridized carbons (Fsp3) is 0.167. The molecule has 1 N–H and O–H groups in total. The first kappa shape index (κ1) is 16.4. The molecule has 122 valence electrons. The Morgan fingerprint density at radius 1 is 1.17 bits per heavy atom. The smallest absolute Gasteiger partial charge is 0.247 e. The number of anilines is 1. The van der Waals surface area contributed by atoms with Gasteiger partial charge in [0.2, 0.25) is 18.2 Å². The van der Waals surface area contributed by atoms with Crippen molar-refractivity contribution < 1.29 is 9.21 Å². The Hall–Kier alpha value is -2.47. The van der Waals surface area contributed by atoms with Crippen molar-refractivity contribution in [3.05, 3.63) is 65.0 Å². The molecule has 1 heterocycles. The molecule has 6 heteroatoms. The van der Waals surface area contributed by atoms with Crippen LogP contribution >= 0.6 is 15.9 Å². The fourth-order valence-electron chi connectivity index (χ4n) is 2.31. The number of halogens is 1. The summed E-state index contributed by atoms with van der Waals surface area (Å²) in [7, 11) is 0. The van der Waals surface area contributed by atoms with Crippen LogP contribution in [0.5, 0.6) is 0 Å². The molecule has 0 aliphatic carbocycles. The molecule has 1 aromatic heterocycles. The average Bonchev–Trinajstić information content (AvgIpc) is 3.10. The summed E-state index contributed by atoms with van der Waals surface area (Å²) in [6.07, 6.45) is 1.28. The van der Waals surface area contributed by atoms with Crippen LogP contribution in [0, 0.1) is 0 Å². The molecule has 3 rings (SSSR count). The summed E-state index contributed by atoms with van der Waals surface area (Å²) in [4.78, 5) is 12.7. The molecule has 0 aliphatic rings. The summed E-state index contributed by atoms with van der Waals surface area (Å²) in [6.45, 7) is 3.79. The van der Waals surface area contributed by atoms with Crippen LogP contribution in [-0.4, -0.2) is 16.1 Å². The van der Waals surface area contributed by atoms with Crippen molar-refractivity contribution in [1.82, 2.24) is 10.2 Å². The third-order valence-electron chi connectivity index (χ3n) is 3.86. The van der Waals surface area contributed by atoms with Gasteiger partial charge in [0.25, 0.3) is 0 Å². The second-order valence-corrected chi connectivity index (χ2v) is 6.83. The van der Waals surface area contributed by atoms with Gasteiger partial charge in [0.1, 0.15) is 0 Å². The standard InChI is InChI=1S/C18H16BrN3O2/c1-18(2,13-6-8-14(19)9-7-13)17(23)21-15-5-3-4-12(10-15)16-22-20-11-24-16/h3-11H,1-2H3,(H,21,23). The van der Waals surface area contributed by atoms with Crippen molar-refractivity contribution >= 4 is 27.5 Å². The van der Waals surface area contributed by atoms with Crippen LogP contribution in [0.3, 0.4) is 0 Å². The van der Waals surface area contributed by atoms with E-state index in [4.69, 9.17) is 4.42 Å². The summed E-state index contributed by atoms with van der Waals surface area (Å²) < 4.78 is 6.17. The van der Waals surface area contributed by atoms with Gasteiger partial charge < -0.3 is 9.73 Å². The highest BCUT2D eigenvalue weighted by Crippen LogP contribution is 2.27. The van der Waals surface area contributed by atoms with E-state index in [-0.39, 0.29) is 5.91 Å². The number of rotatable bonds is 4. The molecule has 0 atom stereocenters. The lowest BCUT2D eigenvalue weighted by molar-refractivity contribution is -0.120. The van der Waals surface area contributed by atoms with E-state index in [9.17, 15) is 4.79 Å². The van der Waals surface area contributed by atoms with Crippen LogP contribution in [0.25, 0.3) is 11.5 Å². The highest BCUT2D eigenvalue weighted by Gasteiger charge is 2.29. The first-order valence-electron chi connectivity index (χ1n) is 7.41. The number of amides is 1. The molecule has 0 saturated carbocycles. The Balaban J connectivity index is 1.81. The quantitative estimate of drug-likeness (QED) is 0.721. The number of nitrogens with one attached hydrogen (secondary N) is 1. The Morgan fingerprint density at radius 3 is 2.58 bits per heavy atom. The molecule has 0 saturated heterocycles. The molecule has 3 aromatic rings. The largest absolute Gasteiger partial charge is 0.423 e. The van der Waals surface area contributed by atoms with Crippen LogP contribution in [0.1, 0.15) is 19.4 Å². The van der Waals surface area contributed by atoms with E-state index in [1.165, 1.54) is 6.39 Å². The molecule has 0 fully saturated rings. The maximum Gasteiger partial charge on any atom is 0.247 e.